The first-order chi connectivity index (χ1) is 13.5. The van der Waals surface area contributed by atoms with Gasteiger partial charge in [-0.2, -0.15) is 5.10 Å². The molecule has 0 N–H and O–H groups in total. The highest BCUT2D eigenvalue weighted by atomic mass is 16.5. The van der Waals surface area contributed by atoms with Crippen molar-refractivity contribution >= 4 is 11.9 Å². The van der Waals surface area contributed by atoms with E-state index in [0.29, 0.717) is 32.7 Å². The molecule has 0 bridgehead atoms. The number of amides is 1. The summed E-state index contributed by atoms with van der Waals surface area (Å²) in [7, 11) is 0. The molecule has 148 valence electrons. The van der Waals surface area contributed by atoms with Gasteiger partial charge in [-0.15, -0.1) is 0 Å². The number of rotatable bonds is 5. The Balaban J connectivity index is 1.75. The van der Waals surface area contributed by atoms with Gasteiger partial charge in [0.25, 0.3) is 11.5 Å². The molecular formula is C21H25N3O4. The molecule has 3 rings (SSSR count). The van der Waals surface area contributed by atoms with Crippen molar-refractivity contribution in [2.75, 3.05) is 19.7 Å². The molecular weight excluding hydrogens is 358 g/mol. The number of benzene rings is 1. The number of aromatic nitrogens is 2. The third-order valence-corrected chi connectivity index (χ3v) is 4.87. The summed E-state index contributed by atoms with van der Waals surface area (Å²) in [4.78, 5) is 38.7. The van der Waals surface area contributed by atoms with E-state index in [0.717, 1.165) is 17.5 Å². The first-order valence-electron chi connectivity index (χ1n) is 9.57. The maximum Gasteiger partial charge on any atom is 0.310 e. The Hall–Kier alpha value is -2.96. The SMILES string of the molecule is CCOC(=O)C1CCCN(C(=O)c2ccc(=O)n(Cc3ccc(C)cc3)n2)C1. The summed E-state index contributed by atoms with van der Waals surface area (Å²) in [6.07, 6.45) is 1.45. The van der Waals surface area contributed by atoms with Crippen LogP contribution in [0.1, 0.15) is 41.4 Å². The third kappa shape index (κ3) is 4.65. The predicted octanol–water partition coefficient (Wildman–Crippen LogP) is 2.02. The molecule has 1 aliphatic heterocycles. The molecule has 1 unspecified atom stereocenters. The molecule has 0 radical (unpaired) electrons. The number of aryl methyl sites for hydroxylation is 1. The Morgan fingerprint density at radius 1 is 1.18 bits per heavy atom. The van der Waals surface area contributed by atoms with Crippen LogP contribution < -0.4 is 5.56 Å². The minimum Gasteiger partial charge on any atom is -0.466 e. The Kier molecular flexibility index (Phi) is 6.23. The summed E-state index contributed by atoms with van der Waals surface area (Å²) in [5, 5.41) is 4.27. The summed E-state index contributed by atoms with van der Waals surface area (Å²) in [5.41, 5.74) is 2.01. The Bertz CT molecular complexity index is 905. The molecule has 0 saturated carbocycles. The van der Waals surface area contributed by atoms with Gasteiger partial charge in [0.15, 0.2) is 0 Å². The molecule has 28 heavy (non-hydrogen) atoms. The van der Waals surface area contributed by atoms with Gasteiger partial charge < -0.3 is 9.64 Å². The van der Waals surface area contributed by atoms with Crippen molar-refractivity contribution < 1.29 is 14.3 Å². The second-order valence-electron chi connectivity index (χ2n) is 7.04. The van der Waals surface area contributed by atoms with Crippen LogP contribution in [-0.2, 0) is 16.1 Å². The zero-order chi connectivity index (χ0) is 20.1. The lowest BCUT2D eigenvalue weighted by Gasteiger charge is -2.31. The second-order valence-corrected chi connectivity index (χ2v) is 7.04. The highest BCUT2D eigenvalue weighted by Crippen LogP contribution is 2.19. The largest absolute Gasteiger partial charge is 0.466 e. The normalized spacial score (nSPS) is 16.6. The zero-order valence-electron chi connectivity index (χ0n) is 16.3. The molecule has 1 amide bonds. The minimum atomic E-state index is -0.309. The molecule has 1 fully saturated rings. The molecule has 7 nitrogen and oxygen atoms in total. The van der Waals surface area contributed by atoms with E-state index in [1.807, 2.05) is 31.2 Å². The maximum atomic E-state index is 12.9. The Labute approximate surface area is 163 Å². The van der Waals surface area contributed by atoms with Gasteiger partial charge in [-0.05, 0) is 38.3 Å². The van der Waals surface area contributed by atoms with Crippen LogP contribution in [0.4, 0.5) is 0 Å². The van der Waals surface area contributed by atoms with Crippen molar-refractivity contribution in [3.05, 3.63) is 63.6 Å². The summed E-state index contributed by atoms with van der Waals surface area (Å²) in [5.74, 6) is -0.847. The molecule has 1 saturated heterocycles. The number of hydrogen-bond donors (Lipinski definition) is 0. The van der Waals surface area contributed by atoms with E-state index in [1.165, 1.54) is 16.8 Å². The fourth-order valence-corrected chi connectivity index (χ4v) is 3.32. The fourth-order valence-electron chi connectivity index (χ4n) is 3.32. The number of carbonyl (C=O) groups excluding carboxylic acids is 2. The van der Waals surface area contributed by atoms with Gasteiger partial charge in [-0.3, -0.25) is 14.4 Å². The first kappa shape index (κ1) is 19.8. The topological polar surface area (TPSA) is 81.5 Å². The zero-order valence-corrected chi connectivity index (χ0v) is 16.3. The van der Waals surface area contributed by atoms with E-state index >= 15 is 0 Å². The summed E-state index contributed by atoms with van der Waals surface area (Å²) >= 11 is 0. The Morgan fingerprint density at radius 2 is 1.93 bits per heavy atom. The lowest BCUT2D eigenvalue weighted by atomic mass is 9.98. The Morgan fingerprint density at radius 3 is 2.64 bits per heavy atom. The fraction of sp³-hybridized carbons (Fsp3) is 0.429. The van der Waals surface area contributed by atoms with Crippen molar-refractivity contribution in [2.24, 2.45) is 5.92 Å². The van der Waals surface area contributed by atoms with Crippen molar-refractivity contribution in [1.82, 2.24) is 14.7 Å². The molecule has 1 atom stereocenters. The molecule has 0 spiro atoms. The van der Waals surface area contributed by atoms with Crippen LogP contribution >= 0.6 is 0 Å². The number of hydrogen-bond acceptors (Lipinski definition) is 5. The lowest BCUT2D eigenvalue weighted by molar-refractivity contribution is -0.149. The van der Waals surface area contributed by atoms with Crippen molar-refractivity contribution in [2.45, 2.75) is 33.2 Å². The number of carbonyl (C=O) groups is 2. The smallest absolute Gasteiger partial charge is 0.310 e. The van der Waals surface area contributed by atoms with Crippen LogP contribution in [0.3, 0.4) is 0 Å². The van der Waals surface area contributed by atoms with Crippen LogP contribution in [0.5, 0.6) is 0 Å². The molecule has 0 aliphatic carbocycles. The van der Waals surface area contributed by atoms with E-state index in [9.17, 15) is 14.4 Å². The monoisotopic (exact) mass is 383 g/mol. The van der Waals surface area contributed by atoms with E-state index in [2.05, 4.69) is 5.10 Å². The van der Waals surface area contributed by atoms with Gasteiger partial charge in [-0.25, -0.2) is 4.68 Å². The van der Waals surface area contributed by atoms with E-state index in [4.69, 9.17) is 4.74 Å². The number of ether oxygens (including phenoxy) is 1. The molecule has 1 aliphatic rings. The molecule has 1 aromatic heterocycles. The number of esters is 1. The average molecular weight is 383 g/mol. The quantitative estimate of drug-likeness (QED) is 0.738. The standard InChI is InChI=1S/C21H25N3O4/c1-3-28-21(27)17-5-4-12-23(14-17)20(26)18-10-11-19(25)24(22-18)13-16-8-6-15(2)7-9-16/h6-11,17H,3-5,12-14H2,1-2H3. The number of nitrogens with zero attached hydrogens (tertiary/aromatic N) is 3. The first-order valence-corrected chi connectivity index (χ1v) is 9.57. The van der Waals surface area contributed by atoms with E-state index in [1.54, 1.807) is 11.8 Å². The summed E-state index contributed by atoms with van der Waals surface area (Å²) in [6.45, 7) is 5.27. The van der Waals surface area contributed by atoms with E-state index < -0.39 is 0 Å². The molecule has 2 aromatic rings. The molecule has 2 heterocycles. The highest BCUT2D eigenvalue weighted by Gasteiger charge is 2.30. The predicted molar refractivity (Wildman–Crippen MR) is 104 cm³/mol. The van der Waals surface area contributed by atoms with Crippen molar-refractivity contribution in [3.63, 3.8) is 0 Å². The summed E-state index contributed by atoms with van der Waals surface area (Å²) < 4.78 is 6.38. The molecule has 1 aromatic carbocycles. The van der Waals surface area contributed by atoms with Crippen LogP contribution in [-0.4, -0.2) is 46.3 Å². The van der Waals surface area contributed by atoms with Gasteiger partial charge in [0.05, 0.1) is 19.1 Å². The molecule has 7 heteroatoms. The third-order valence-electron chi connectivity index (χ3n) is 4.87. The van der Waals surface area contributed by atoms with Crippen molar-refractivity contribution in [3.8, 4) is 0 Å². The van der Waals surface area contributed by atoms with Crippen LogP contribution in [0, 0.1) is 12.8 Å². The number of piperidine rings is 1. The van der Waals surface area contributed by atoms with Gasteiger partial charge >= 0.3 is 5.97 Å². The van der Waals surface area contributed by atoms with Crippen molar-refractivity contribution in [1.29, 1.82) is 0 Å². The average Bonchev–Trinajstić information content (AvgIpc) is 2.71. The van der Waals surface area contributed by atoms with Gasteiger partial charge in [0.1, 0.15) is 5.69 Å². The van der Waals surface area contributed by atoms with Crippen LogP contribution in [0.15, 0.2) is 41.2 Å². The highest BCUT2D eigenvalue weighted by molar-refractivity contribution is 5.92. The minimum absolute atomic E-state index is 0.205. The van der Waals surface area contributed by atoms with Crippen LogP contribution in [0.2, 0.25) is 0 Å². The maximum absolute atomic E-state index is 12.9. The summed E-state index contributed by atoms with van der Waals surface area (Å²) in [6, 6.07) is 10.6. The second kappa shape index (κ2) is 8.82. The van der Waals surface area contributed by atoms with Crippen LogP contribution in [0.25, 0.3) is 0 Å². The lowest BCUT2D eigenvalue weighted by Crippen LogP contribution is -2.43. The van der Waals surface area contributed by atoms with Gasteiger partial charge in [0.2, 0.25) is 0 Å². The van der Waals surface area contributed by atoms with Gasteiger partial charge in [-0.1, -0.05) is 29.8 Å². The number of likely N-dealkylation sites (tertiary alicyclic amines) is 1. The van der Waals surface area contributed by atoms with Gasteiger partial charge in [0, 0.05) is 19.2 Å². The van der Waals surface area contributed by atoms with E-state index in [-0.39, 0.29) is 29.0 Å².